The summed E-state index contributed by atoms with van der Waals surface area (Å²) in [5.41, 5.74) is 7.56. The number of aromatic nitrogens is 4. The highest BCUT2D eigenvalue weighted by molar-refractivity contribution is 9.10. The zero-order valence-electron chi connectivity index (χ0n) is 10.5. The Bertz CT molecular complexity index is 800. The summed E-state index contributed by atoms with van der Waals surface area (Å²) in [6.07, 6.45) is 0. The molecule has 0 aliphatic carbocycles. The van der Waals surface area contributed by atoms with Crippen molar-refractivity contribution in [2.75, 3.05) is 5.73 Å². The molecule has 0 amide bonds. The van der Waals surface area contributed by atoms with Crippen molar-refractivity contribution in [3.05, 3.63) is 51.7 Å². The van der Waals surface area contributed by atoms with Crippen LogP contribution >= 0.6 is 27.5 Å². The molecule has 2 aromatic carbocycles. The Labute approximate surface area is 132 Å². The van der Waals surface area contributed by atoms with Gasteiger partial charge in [0.2, 0.25) is 0 Å². The van der Waals surface area contributed by atoms with E-state index < -0.39 is 0 Å². The van der Waals surface area contributed by atoms with Gasteiger partial charge in [-0.05, 0) is 62.8 Å². The highest BCUT2D eigenvalue weighted by atomic mass is 79.9. The van der Waals surface area contributed by atoms with Crippen molar-refractivity contribution in [3.8, 4) is 17.1 Å². The van der Waals surface area contributed by atoms with Gasteiger partial charge in [0, 0.05) is 20.7 Å². The molecule has 0 spiro atoms. The Morgan fingerprint density at radius 1 is 1.19 bits per heavy atom. The van der Waals surface area contributed by atoms with Crippen molar-refractivity contribution in [1.29, 1.82) is 0 Å². The van der Waals surface area contributed by atoms with Crippen molar-refractivity contribution in [1.82, 2.24) is 20.2 Å². The Morgan fingerprint density at radius 2 is 2.00 bits per heavy atom. The summed E-state index contributed by atoms with van der Waals surface area (Å²) in [6, 6.07) is 9.30. The van der Waals surface area contributed by atoms with Gasteiger partial charge in [-0.2, -0.15) is 4.68 Å². The minimum absolute atomic E-state index is 0.354. The van der Waals surface area contributed by atoms with Crippen molar-refractivity contribution in [2.24, 2.45) is 0 Å². The van der Waals surface area contributed by atoms with Crippen LogP contribution in [0.5, 0.6) is 0 Å². The number of halogens is 3. The molecule has 0 aliphatic rings. The number of nitrogens with zero attached hydrogens (tertiary/aromatic N) is 4. The van der Waals surface area contributed by atoms with Gasteiger partial charge >= 0.3 is 0 Å². The fraction of sp³-hybridized carbons (Fsp3) is 0. The minimum atomic E-state index is -0.354. The Hall–Kier alpha value is -1.99. The number of hydrogen-bond donors (Lipinski definition) is 1. The summed E-state index contributed by atoms with van der Waals surface area (Å²) in [7, 11) is 0. The van der Waals surface area contributed by atoms with E-state index in [0.29, 0.717) is 32.3 Å². The van der Waals surface area contributed by atoms with Crippen molar-refractivity contribution >= 4 is 33.2 Å². The molecular weight excluding hydrogens is 361 g/mol. The van der Waals surface area contributed by atoms with Gasteiger partial charge in [-0.25, -0.2) is 4.39 Å². The van der Waals surface area contributed by atoms with E-state index in [1.54, 1.807) is 24.3 Å². The van der Waals surface area contributed by atoms with E-state index >= 15 is 0 Å². The molecule has 5 nitrogen and oxygen atoms in total. The van der Waals surface area contributed by atoms with Crippen LogP contribution in [0, 0.1) is 5.82 Å². The second kappa shape index (κ2) is 5.42. The molecule has 21 heavy (non-hydrogen) atoms. The van der Waals surface area contributed by atoms with Crippen LogP contribution in [0.1, 0.15) is 0 Å². The topological polar surface area (TPSA) is 69.6 Å². The molecule has 3 aromatic rings. The van der Waals surface area contributed by atoms with Crippen LogP contribution < -0.4 is 5.73 Å². The summed E-state index contributed by atoms with van der Waals surface area (Å²) in [5.74, 6) is 0.101. The third-order valence-electron chi connectivity index (χ3n) is 2.79. The van der Waals surface area contributed by atoms with Crippen LogP contribution in [0.3, 0.4) is 0 Å². The van der Waals surface area contributed by atoms with E-state index in [9.17, 15) is 4.39 Å². The molecule has 0 radical (unpaired) electrons. The first-order valence-electron chi connectivity index (χ1n) is 5.85. The van der Waals surface area contributed by atoms with Crippen LogP contribution in [-0.4, -0.2) is 20.2 Å². The number of anilines is 1. The molecular formula is C13H8BrClFN5. The molecule has 0 saturated heterocycles. The van der Waals surface area contributed by atoms with Crippen LogP contribution in [0.2, 0.25) is 5.02 Å². The SMILES string of the molecule is Nc1cc(Cl)cc(-c2nnnn2-c2ccc(F)cc2Br)c1. The molecule has 0 fully saturated rings. The predicted molar refractivity (Wildman–Crippen MR) is 81.7 cm³/mol. The molecule has 8 heteroatoms. The molecule has 1 aromatic heterocycles. The summed E-state index contributed by atoms with van der Waals surface area (Å²) < 4.78 is 15.2. The van der Waals surface area contributed by atoms with E-state index in [2.05, 4.69) is 31.5 Å². The number of rotatable bonds is 2. The van der Waals surface area contributed by atoms with Gasteiger partial charge in [0.1, 0.15) is 5.82 Å². The van der Waals surface area contributed by atoms with E-state index in [4.69, 9.17) is 17.3 Å². The molecule has 0 unspecified atom stereocenters. The molecule has 0 bridgehead atoms. The fourth-order valence-corrected chi connectivity index (χ4v) is 2.69. The maximum absolute atomic E-state index is 13.2. The maximum atomic E-state index is 13.2. The van der Waals surface area contributed by atoms with Gasteiger partial charge < -0.3 is 5.73 Å². The van der Waals surface area contributed by atoms with Gasteiger partial charge in [-0.15, -0.1) is 5.10 Å². The molecule has 3 rings (SSSR count). The monoisotopic (exact) mass is 367 g/mol. The zero-order valence-corrected chi connectivity index (χ0v) is 12.8. The largest absolute Gasteiger partial charge is 0.399 e. The third kappa shape index (κ3) is 2.74. The second-order valence-corrected chi connectivity index (χ2v) is 5.57. The van der Waals surface area contributed by atoms with Crippen molar-refractivity contribution in [3.63, 3.8) is 0 Å². The van der Waals surface area contributed by atoms with Gasteiger partial charge in [-0.3, -0.25) is 0 Å². The minimum Gasteiger partial charge on any atom is -0.399 e. The zero-order chi connectivity index (χ0) is 15.0. The standard InChI is InChI=1S/C13H8BrClFN5/c14-11-6-9(16)1-2-12(11)21-13(18-19-20-21)7-3-8(15)5-10(17)4-7/h1-6H,17H2. The number of benzene rings is 2. The lowest BCUT2D eigenvalue weighted by molar-refractivity contribution is 0.625. The highest BCUT2D eigenvalue weighted by Gasteiger charge is 2.14. The maximum Gasteiger partial charge on any atom is 0.187 e. The van der Waals surface area contributed by atoms with Gasteiger partial charge in [0.15, 0.2) is 5.82 Å². The average molecular weight is 369 g/mol. The summed E-state index contributed by atoms with van der Waals surface area (Å²) in [5, 5.41) is 12.1. The number of tetrazole rings is 1. The summed E-state index contributed by atoms with van der Waals surface area (Å²) in [4.78, 5) is 0. The van der Waals surface area contributed by atoms with E-state index in [0.717, 1.165) is 0 Å². The Balaban J connectivity index is 2.17. The number of nitrogen functional groups attached to an aromatic ring is 1. The first-order chi connectivity index (χ1) is 10.0. The van der Waals surface area contributed by atoms with Gasteiger partial charge in [-0.1, -0.05) is 11.6 Å². The molecule has 0 saturated carbocycles. The van der Waals surface area contributed by atoms with Gasteiger partial charge in [0.25, 0.3) is 0 Å². The van der Waals surface area contributed by atoms with Crippen LogP contribution in [0.4, 0.5) is 10.1 Å². The lowest BCUT2D eigenvalue weighted by atomic mass is 10.2. The van der Waals surface area contributed by atoms with Crippen molar-refractivity contribution < 1.29 is 4.39 Å². The number of hydrogen-bond acceptors (Lipinski definition) is 4. The van der Waals surface area contributed by atoms with E-state index in [1.165, 1.54) is 16.8 Å². The lowest BCUT2D eigenvalue weighted by Crippen LogP contribution is -2.01. The Kier molecular flexibility index (Phi) is 3.60. The number of nitrogens with two attached hydrogens (primary N) is 1. The second-order valence-electron chi connectivity index (χ2n) is 4.28. The smallest absolute Gasteiger partial charge is 0.187 e. The highest BCUT2D eigenvalue weighted by Crippen LogP contribution is 2.28. The average Bonchev–Trinajstić information content (AvgIpc) is 2.86. The first kappa shape index (κ1) is 14.0. The van der Waals surface area contributed by atoms with Crippen LogP contribution in [0.25, 0.3) is 17.1 Å². The predicted octanol–water partition coefficient (Wildman–Crippen LogP) is 3.47. The Morgan fingerprint density at radius 3 is 2.71 bits per heavy atom. The van der Waals surface area contributed by atoms with E-state index in [1.807, 2.05) is 0 Å². The third-order valence-corrected chi connectivity index (χ3v) is 3.64. The normalized spacial score (nSPS) is 10.8. The molecule has 106 valence electrons. The summed E-state index contributed by atoms with van der Waals surface area (Å²) >= 11 is 9.30. The van der Waals surface area contributed by atoms with Gasteiger partial charge in [0.05, 0.1) is 5.69 Å². The first-order valence-corrected chi connectivity index (χ1v) is 7.02. The van der Waals surface area contributed by atoms with Crippen LogP contribution in [0.15, 0.2) is 40.9 Å². The van der Waals surface area contributed by atoms with Crippen LogP contribution in [-0.2, 0) is 0 Å². The molecule has 0 aliphatic heterocycles. The molecule has 2 N–H and O–H groups in total. The van der Waals surface area contributed by atoms with E-state index in [-0.39, 0.29) is 5.82 Å². The molecule has 1 heterocycles. The lowest BCUT2D eigenvalue weighted by Gasteiger charge is -2.08. The molecule has 0 atom stereocenters. The fourth-order valence-electron chi connectivity index (χ4n) is 1.92. The summed E-state index contributed by atoms with van der Waals surface area (Å²) in [6.45, 7) is 0. The quantitative estimate of drug-likeness (QED) is 0.703. The van der Waals surface area contributed by atoms with Crippen molar-refractivity contribution in [2.45, 2.75) is 0 Å².